The van der Waals surface area contributed by atoms with Crippen molar-refractivity contribution in [1.29, 1.82) is 0 Å². The summed E-state index contributed by atoms with van der Waals surface area (Å²) in [6.45, 7) is 2.13. The molecule has 1 atom stereocenters. The van der Waals surface area contributed by atoms with Gasteiger partial charge in [0.1, 0.15) is 11.6 Å². The van der Waals surface area contributed by atoms with Gasteiger partial charge in [-0.3, -0.25) is 0 Å². The largest absolute Gasteiger partial charge is 0.480 e. The fourth-order valence-electron chi connectivity index (χ4n) is 3.85. The quantitative estimate of drug-likeness (QED) is 0.717. The van der Waals surface area contributed by atoms with E-state index in [2.05, 4.69) is 5.32 Å². The molecule has 0 aromatic heterocycles. The lowest BCUT2D eigenvalue weighted by Crippen LogP contribution is -2.54. The van der Waals surface area contributed by atoms with E-state index in [-0.39, 0.29) is 0 Å². The summed E-state index contributed by atoms with van der Waals surface area (Å²) in [7, 11) is -3.23. The molecule has 26 heavy (non-hydrogen) atoms. The van der Waals surface area contributed by atoms with E-state index in [1.807, 2.05) is 0 Å². The molecule has 0 aromatic carbocycles. The number of nitrogens with zero attached hydrogens (tertiary/aromatic N) is 1. The minimum Gasteiger partial charge on any atom is -0.480 e. The van der Waals surface area contributed by atoms with Crippen LogP contribution >= 0.6 is 0 Å². The minimum absolute atomic E-state index is 0.295. The number of alkyl carbamates (subject to hydrolysis) is 1. The molecule has 2 fully saturated rings. The van der Waals surface area contributed by atoms with E-state index >= 15 is 0 Å². The van der Waals surface area contributed by atoms with Crippen LogP contribution in [0.2, 0.25) is 0 Å². The van der Waals surface area contributed by atoms with Crippen molar-refractivity contribution in [2.45, 2.75) is 69.9 Å². The Morgan fingerprint density at radius 2 is 1.73 bits per heavy atom. The number of piperidine rings is 1. The van der Waals surface area contributed by atoms with Crippen molar-refractivity contribution < 1.29 is 27.9 Å². The maximum atomic E-state index is 12.2. The van der Waals surface area contributed by atoms with E-state index < -0.39 is 33.7 Å². The number of hydrogen-bond acceptors (Lipinski definition) is 5. The Bertz CT molecular complexity index is 609. The molecule has 150 valence electrons. The van der Waals surface area contributed by atoms with E-state index in [4.69, 9.17) is 4.74 Å². The Balaban J connectivity index is 1.86. The number of amides is 1. The summed E-state index contributed by atoms with van der Waals surface area (Å²) in [5, 5.41) is 12.1. The molecule has 0 bridgehead atoms. The number of ether oxygens (including phenoxy) is 1. The molecule has 0 unspecified atom stereocenters. The van der Waals surface area contributed by atoms with Gasteiger partial charge in [0.15, 0.2) is 0 Å². The normalized spacial score (nSPS) is 23.2. The third-order valence-corrected chi connectivity index (χ3v) is 6.72. The van der Waals surface area contributed by atoms with Gasteiger partial charge in [-0.15, -0.1) is 0 Å². The van der Waals surface area contributed by atoms with Gasteiger partial charge in [-0.2, -0.15) is 0 Å². The number of sulfonamides is 1. The predicted octanol–water partition coefficient (Wildman–Crippen LogP) is 1.95. The van der Waals surface area contributed by atoms with E-state index in [1.54, 1.807) is 0 Å². The second-order valence-electron chi connectivity index (χ2n) is 7.74. The first kappa shape index (κ1) is 21.0. The molecule has 0 spiro atoms. The zero-order chi connectivity index (χ0) is 19.4. The number of aliphatic carboxylic acids is 1. The van der Waals surface area contributed by atoms with Gasteiger partial charge in [0, 0.05) is 13.1 Å². The van der Waals surface area contributed by atoms with E-state index in [0.29, 0.717) is 38.3 Å². The van der Waals surface area contributed by atoms with Gasteiger partial charge in [-0.25, -0.2) is 22.3 Å². The second kappa shape index (κ2) is 8.56. The molecule has 2 N–H and O–H groups in total. The molecule has 1 amide bonds. The van der Waals surface area contributed by atoms with Crippen molar-refractivity contribution in [2.24, 2.45) is 5.92 Å². The van der Waals surface area contributed by atoms with Crippen LogP contribution in [0.5, 0.6) is 0 Å². The highest BCUT2D eigenvalue weighted by Gasteiger charge is 2.39. The molecule has 8 nitrogen and oxygen atoms in total. The van der Waals surface area contributed by atoms with Crippen LogP contribution in [0.1, 0.15) is 58.3 Å². The fraction of sp³-hybridized carbons (Fsp3) is 0.882. The molecule has 0 radical (unpaired) electrons. The molecule has 1 saturated carbocycles. The van der Waals surface area contributed by atoms with Crippen molar-refractivity contribution >= 4 is 22.1 Å². The molecule has 0 aromatic rings. The lowest BCUT2D eigenvalue weighted by molar-refractivity contribution is -0.145. The van der Waals surface area contributed by atoms with Crippen molar-refractivity contribution in [3.05, 3.63) is 0 Å². The van der Waals surface area contributed by atoms with Crippen molar-refractivity contribution in [3.8, 4) is 0 Å². The molecule has 9 heteroatoms. The van der Waals surface area contributed by atoms with Crippen molar-refractivity contribution in [1.82, 2.24) is 9.62 Å². The molecule has 2 rings (SSSR count). The predicted molar refractivity (Wildman–Crippen MR) is 96.3 cm³/mol. The topological polar surface area (TPSA) is 113 Å². The maximum absolute atomic E-state index is 12.2. The first-order valence-corrected chi connectivity index (χ1v) is 11.1. The lowest BCUT2D eigenvalue weighted by Gasteiger charge is -2.33. The van der Waals surface area contributed by atoms with Gasteiger partial charge in [0.25, 0.3) is 0 Å². The Hall–Kier alpha value is -1.35. The molecule has 1 saturated heterocycles. The number of carboxylic acids is 1. The first-order chi connectivity index (χ1) is 12.1. The van der Waals surface area contributed by atoms with Crippen LogP contribution in [0.15, 0.2) is 0 Å². The maximum Gasteiger partial charge on any atom is 0.408 e. The highest BCUT2D eigenvalue weighted by molar-refractivity contribution is 7.88. The van der Waals surface area contributed by atoms with Crippen LogP contribution in [0, 0.1) is 5.92 Å². The first-order valence-electron chi connectivity index (χ1n) is 9.27. The highest BCUT2D eigenvalue weighted by atomic mass is 32.2. The number of carbonyl (C=O) groups is 2. The SMILES string of the molecule is C[C@@](CC1CCCCC1)(NC(=O)OC1CCN(S(C)(=O)=O)CC1)C(=O)O. The summed E-state index contributed by atoms with van der Waals surface area (Å²) < 4.78 is 29.7. The monoisotopic (exact) mass is 390 g/mol. The molecular formula is C17H30N2O6S. The van der Waals surface area contributed by atoms with Crippen LogP contribution in [-0.2, 0) is 19.6 Å². The summed E-state index contributed by atoms with van der Waals surface area (Å²) in [6, 6.07) is 0. The average molecular weight is 391 g/mol. The minimum atomic E-state index is -3.23. The average Bonchev–Trinajstić information content (AvgIpc) is 2.55. The Morgan fingerprint density at radius 1 is 1.15 bits per heavy atom. The van der Waals surface area contributed by atoms with Crippen LogP contribution < -0.4 is 5.32 Å². The molecule has 1 aliphatic carbocycles. The van der Waals surface area contributed by atoms with Crippen LogP contribution in [0.25, 0.3) is 0 Å². The van der Waals surface area contributed by atoms with E-state index in [1.165, 1.54) is 17.6 Å². The van der Waals surface area contributed by atoms with E-state index in [0.717, 1.165) is 31.9 Å². The van der Waals surface area contributed by atoms with Gasteiger partial charge < -0.3 is 15.2 Å². The Labute approximate surface area is 155 Å². The number of rotatable bonds is 6. The van der Waals surface area contributed by atoms with E-state index in [9.17, 15) is 23.1 Å². The van der Waals surface area contributed by atoms with Gasteiger partial charge in [0.05, 0.1) is 6.26 Å². The standard InChI is InChI=1S/C17H30N2O6S/c1-17(15(20)21,12-13-6-4-3-5-7-13)18-16(22)25-14-8-10-19(11-9-14)26(2,23)24/h13-14H,3-12H2,1-2H3,(H,18,22)(H,20,21)/t17-/m0/s1. The number of hydrogen-bond donors (Lipinski definition) is 2. The van der Waals surface area contributed by atoms with Crippen LogP contribution in [0.3, 0.4) is 0 Å². The van der Waals surface area contributed by atoms with Crippen molar-refractivity contribution in [3.63, 3.8) is 0 Å². The number of carboxylic acid groups (broad SMARTS) is 1. The third kappa shape index (κ3) is 5.84. The fourth-order valence-corrected chi connectivity index (χ4v) is 4.72. The van der Waals surface area contributed by atoms with Gasteiger partial charge in [-0.05, 0) is 32.1 Å². The molecular weight excluding hydrogens is 360 g/mol. The zero-order valence-corrected chi connectivity index (χ0v) is 16.4. The number of nitrogens with one attached hydrogen (secondary N) is 1. The second-order valence-corrected chi connectivity index (χ2v) is 9.72. The smallest absolute Gasteiger partial charge is 0.408 e. The molecule has 1 heterocycles. The van der Waals surface area contributed by atoms with Gasteiger partial charge in [-0.1, -0.05) is 32.1 Å². The zero-order valence-electron chi connectivity index (χ0n) is 15.6. The summed E-state index contributed by atoms with van der Waals surface area (Å²) in [5.74, 6) is -0.768. The lowest BCUT2D eigenvalue weighted by atomic mass is 9.80. The Morgan fingerprint density at radius 3 is 2.23 bits per heavy atom. The summed E-state index contributed by atoms with van der Waals surface area (Å²) in [4.78, 5) is 24.0. The van der Waals surface area contributed by atoms with Gasteiger partial charge >= 0.3 is 12.1 Å². The summed E-state index contributed by atoms with van der Waals surface area (Å²) in [6.07, 6.45) is 6.58. The summed E-state index contributed by atoms with van der Waals surface area (Å²) in [5.41, 5.74) is -1.35. The van der Waals surface area contributed by atoms with Crippen LogP contribution in [0.4, 0.5) is 4.79 Å². The van der Waals surface area contributed by atoms with Crippen molar-refractivity contribution in [2.75, 3.05) is 19.3 Å². The molecule has 1 aliphatic heterocycles. The summed E-state index contributed by atoms with van der Waals surface area (Å²) >= 11 is 0. The number of carbonyl (C=O) groups excluding carboxylic acids is 1. The highest BCUT2D eigenvalue weighted by Crippen LogP contribution is 2.31. The van der Waals surface area contributed by atoms with Gasteiger partial charge in [0.2, 0.25) is 10.0 Å². The molecule has 2 aliphatic rings. The third-order valence-electron chi connectivity index (χ3n) is 5.42. The van der Waals surface area contributed by atoms with Crippen LogP contribution in [-0.4, -0.2) is 60.9 Å². The Kier molecular flexibility index (Phi) is 6.90.